The maximum atomic E-state index is 11.6. The van der Waals surface area contributed by atoms with Crippen LogP contribution in [0.15, 0.2) is 38.1 Å². The Bertz CT molecular complexity index is 704. The van der Waals surface area contributed by atoms with E-state index in [0.29, 0.717) is 22.3 Å². The molecular weight excluding hydrogens is 192 g/mol. The molecule has 0 bridgehead atoms. The smallest absolute Gasteiger partial charge is 0.193 e. The fraction of sp³-hybridized carbons (Fsp3) is 0.0833. The van der Waals surface area contributed by atoms with E-state index in [1.165, 1.54) is 6.07 Å². The first-order chi connectivity index (χ1) is 7.24. The van der Waals surface area contributed by atoms with Crippen molar-refractivity contribution in [1.82, 2.24) is 0 Å². The minimum atomic E-state index is -0.0724. The van der Waals surface area contributed by atoms with Gasteiger partial charge in [-0.25, -0.2) is 0 Å². The Kier molecular flexibility index (Phi) is 1.51. The average Bonchev–Trinajstić information content (AvgIpc) is 2.61. The zero-order valence-corrected chi connectivity index (χ0v) is 8.03. The lowest BCUT2D eigenvalue weighted by Crippen LogP contribution is -1.99. The van der Waals surface area contributed by atoms with Crippen molar-refractivity contribution in [2.45, 2.75) is 6.92 Å². The molecule has 15 heavy (non-hydrogen) atoms. The number of rotatable bonds is 0. The Morgan fingerprint density at radius 3 is 3.00 bits per heavy atom. The summed E-state index contributed by atoms with van der Waals surface area (Å²) in [5, 5.41) is 1.26. The molecule has 0 aliphatic carbocycles. The van der Waals surface area contributed by atoms with Crippen LogP contribution in [0, 0.1) is 13.0 Å². The van der Waals surface area contributed by atoms with E-state index in [1.807, 2.05) is 0 Å². The standard InChI is InChI=1S/C12H7O3/c1-7-4-10(13)9-5-8-2-3-14-11(8)6-12(9)15-7/h2-4,6H,1H3. The van der Waals surface area contributed by atoms with Crippen molar-refractivity contribution in [2.75, 3.05) is 0 Å². The van der Waals surface area contributed by atoms with Crippen molar-refractivity contribution in [3.63, 3.8) is 0 Å². The van der Waals surface area contributed by atoms with E-state index in [-0.39, 0.29) is 5.43 Å². The van der Waals surface area contributed by atoms with Gasteiger partial charge >= 0.3 is 0 Å². The molecule has 0 amide bonds. The van der Waals surface area contributed by atoms with E-state index < -0.39 is 0 Å². The lowest BCUT2D eigenvalue weighted by Gasteiger charge is -1.97. The summed E-state index contributed by atoms with van der Waals surface area (Å²) in [5.41, 5.74) is 1.12. The molecular formula is C12H7O3. The van der Waals surface area contributed by atoms with Gasteiger partial charge in [0, 0.05) is 23.6 Å². The van der Waals surface area contributed by atoms with Gasteiger partial charge in [0.2, 0.25) is 0 Å². The minimum absolute atomic E-state index is 0.0724. The number of hydrogen-bond acceptors (Lipinski definition) is 3. The zero-order chi connectivity index (χ0) is 10.4. The van der Waals surface area contributed by atoms with E-state index in [0.717, 1.165) is 5.39 Å². The fourth-order valence-corrected chi connectivity index (χ4v) is 1.65. The van der Waals surface area contributed by atoms with Crippen molar-refractivity contribution in [1.29, 1.82) is 0 Å². The molecule has 1 aromatic carbocycles. The van der Waals surface area contributed by atoms with Crippen LogP contribution in [0.4, 0.5) is 0 Å². The minimum Gasteiger partial charge on any atom is -0.464 e. The highest BCUT2D eigenvalue weighted by Crippen LogP contribution is 2.21. The number of hydrogen-bond donors (Lipinski definition) is 0. The highest BCUT2D eigenvalue weighted by Gasteiger charge is 2.06. The second-order valence-corrected chi connectivity index (χ2v) is 3.43. The molecule has 0 saturated heterocycles. The van der Waals surface area contributed by atoms with E-state index in [2.05, 4.69) is 6.07 Å². The third kappa shape index (κ3) is 1.16. The maximum Gasteiger partial charge on any atom is 0.193 e. The van der Waals surface area contributed by atoms with Crippen molar-refractivity contribution in [3.05, 3.63) is 46.5 Å². The van der Waals surface area contributed by atoms with Gasteiger partial charge in [-0.2, -0.15) is 0 Å². The van der Waals surface area contributed by atoms with Crippen molar-refractivity contribution in [3.8, 4) is 0 Å². The van der Waals surface area contributed by atoms with Gasteiger partial charge in [-0.05, 0) is 13.0 Å². The summed E-state index contributed by atoms with van der Waals surface area (Å²) in [7, 11) is 0. The van der Waals surface area contributed by atoms with Crippen LogP contribution in [0.25, 0.3) is 21.9 Å². The maximum absolute atomic E-state index is 11.6. The summed E-state index contributed by atoms with van der Waals surface area (Å²) >= 11 is 0. The van der Waals surface area contributed by atoms with Crippen LogP contribution in [0.1, 0.15) is 5.76 Å². The molecule has 0 saturated carbocycles. The molecule has 3 rings (SSSR count). The molecule has 73 valence electrons. The van der Waals surface area contributed by atoms with Crippen LogP contribution in [0.2, 0.25) is 0 Å². The van der Waals surface area contributed by atoms with Gasteiger partial charge in [0.25, 0.3) is 0 Å². The highest BCUT2D eigenvalue weighted by molar-refractivity contribution is 5.91. The third-order valence-corrected chi connectivity index (χ3v) is 2.32. The number of furan rings is 1. The first-order valence-electron chi connectivity index (χ1n) is 4.58. The second kappa shape index (κ2) is 2.73. The van der Waals surface area contributed by atoms with Gasteiger partial charge in [-0.3, -0.25) is 4.79 Å². The van der Waals surface area contributed by atoms with Gasteiger partial charge in [0.15, 0.2) is 5.43 Å². The first-order valence-corrected chi connectivity index (χ1v) is 4.58. The molecule has 0 spiro atoms. The summed E-state index contributed by atoms with van der Waals surface area (Å²) < 4.78 is 10.6. The molecule has 0 fully saturated rings. The fourth-order valence-electron chi connectivity index (χ4n) is 1.65. The van der Waals surface area contributed by atoms with Crippen LogP contribution >= 0.6 is 0 Å². The number of fused-ring (bicyclic) bond motifs is 2. The number of aryl methyl sites for hydroxylation is 1. The Hall–Kier alpha value is -2.03. The highest BCUT2D eigenvalue weighted by atomic mass is 16.3. The van der Waals surface area contributed by atoms with Crippen molar-refractivity contribution >= 4 is 21.9 Å². The van der Waals surface area contributed by atoms with Crippen LogP contribution in [0.3, 0.4) is 0 Å². The number of benzene rings is 1. The second-order valence-electron chi connectivity index (χ2n) is 3.43. The van der Waals surface area contributed by atoms with E-state index >= 15 is 0 Å². The summed E-state index contributed by atoms with van der Waals surface area (Å²) in [5.74, 6) is 0.590. The summed E-state index contributed by atoms with van der Waals surface area (Å²) in [6, 6.07) is 7.94. The summed E-state index contributed by atoms with van der Waals surface area (Å²) in [6.45, 7) is 1.74. The van der Waals surface area contributed by atoms with Gasteiger partial charge in [0.1, 0.15) is 16.9 Å². The summed E-state index contributed by atoms with van der Waals surface area (Å²) in [6.07, 6.45) is 1.57. The van der Waals surface area contributed by atoms with E-state index in [1.54, 1.807) is 25.3 Å². The summed E-state index contributed by atoms with van der Waals surface area (Å²) in [4.78, 5) is 11.6. The largest absolute Gasteiger partial charge is 0.464 e. The van der Waals surface area contributed by atoms with Gasteiger partial charge in [-0.1, -0.05) is 0 Å². The monoisotopic (exact) mass is 199 g/mol. The van der Waals surface area contributed by atoms with E-state index in [4.69, 9.17) is 8.83 Å². The first kappa shape index (κ1) is 8.29. The molecule has 0 N–H and O–H groups in total. The lowest BCUT2D eigenvalue weighted by molar-refractivity contribution is 0.562. The van der Waals surface area contributed by atoms with Crippen LogP contribution in [-0.4, -0.2) is 0 Å². The predicted molar refractivity (Wildman–Crippen MR) is 55.8 cm³/mol. The van der Waals surface area contributed by atoms with Gasteiger partial charge in [-0.15, -0.1) is 0 Å². The normalized spacial score (nSPS) is 11.3. The quantitative estimate of drug-likeness (QED) is 0.559. The lowest BCUT2D eigenvalue weighted by atomic mass is 10.1. The average molecular weight is 199 g/mol. The van der Waals surface area contributed by atoms with Crippen molar-refractivity contribution < 1.29 is 8.83 Å². The molecule has 3 nitrogen and oxygen atoms in total. The van der Waals surface area contributed by atoms with Crippen molar-refractivity contribution in [2.24, 2.45) is 0 Å². The molecule has 0 unspecified atom stereocenters. The molecule has 0 aliphatic rings. The van der Waals surface area contributed by atoms with Crippen LogP contribution < -0.4 is 5.43 Å². The van der Waals surface area contributed by atoms with Gasteiger partial charge < -0.3 is 8.83 Å². The molecule has 0 atom stereocenters. The third-order valence-electron chi connectivity index (χ3n) is 2.32. The SMILES string of the molecule is Cc1cc(=O)c2[c]c3ccoc3cc2o1. The Morgan fingerprint density at radius 2 is 2.13 bits per heavy atom. The molecule has 1 radical (unpaired) electrons. The Morgan fingerprint density at radius 1 is 1.27 bits per heavy atom. The molecule has 2 heterocycles. The van der Waals surface area contributed by atoms with Gasteiger partial charge in [0.05, 0.1) is 11.6 Å². The molecule has 2 aromatic heterocycles. The topological polar surface area (TPSA) is 43.4 Å². The van der Waals surface area contributed by atoms with E-state index in [9.17, 15) is 4.79 Å². The van der Waals surface area contributed by atoms with Crippen LogP contribution in [-0.2, 0) is 0 Å². The predicted octanol–water partition coefficient (Wildman–Crippen LogP) is 2.65. The zero-order valence-electron chi connectivity index (χ0n) is 8.03. The molecule has 3 heteroatoms. The molecule has 0 aliphatic heterocycles. The Labute approximate surface area is 84.9 Å². The Balaban J connectivity index is 2.59. The molecule has 3 aromatic rings. The van der Waals surface area contributed by atoms with Crippen LogP contribution in [0.5, 0.6) is 0 Å².